The molecule has 1 aromatic rings. The standard InChI is InChI=1S/C10H14N4OS/c1-5-6(2)13-14-10(8(5)9(11)12)16-7-3-15-4-7/h7H,3-4H2,1-2H3,(H3,11,12). The van der Waals surface area contributed by atoms with Gasteiger partial charge in [0, 0.05) is 0 Å². The quantitative estimate of drug-likeness (QED) is 0.603. The monoisotopic (exact) mass is 238 g/mol. The fourth-order valence-corrected chi connectivity index (χ4v) is 2.54. The van der Waals surface area contributed by atoms with Crippen molar-refractivity contribution >= 4 is 17.6 Å². The minimum Gasteiger partial charge on any atom is -0.384 e. The Bertz CT molecular complexity index is 431. The van der Waals surface area contributed by atoms with Crippen LogP contribution in [-0.4, -0.2) is 34.5 Å². The highest BCUT2D eigenvalue weighted by atomic mass is 32.2. The maximum Gasteiger partial charge on any atom is 0.130 e. The number of ether oxygens (including phenoxy) is 1. The van der Waals surface area contributed by atoms with Gasteiger partial charge >= 0.3 is 0 Å². The maximum absolute atomic E-state index is 7.60. The zero-order valence-corrected chi connectivity index (χ0v) is 10.1. The van der Waals surface area contributed by atoms with E-state index in [-0.39, 0.29) is 5.84 Å². The first-order valence-corrected chi connectivity index (χ1v) is 5.90. The molecule has 2 heterocycles. The summed E-state index contributed by atoms with van der Waals surface area (Å²) in [5, 5.41) is 16.9. The van der Waals surface area contributed by atoms with Crippen LogP contribution in [0.3, 0.4) is 0 Å². The lowest BCUT2D eigenvalue weighted by molar-refractivity contribution is 0.0454. The van der Waals surface area contributed by atoms with Crippen molar-refractivity contribution in [2.24, 2.45) is 5.73 Å². The fourth-order valence-electron chi connectivity index (χ4n) is 1.43. The average molecular weight is 238 g/mol. The van der Waals surface area contributed by atoms with Crippen molar-refractivity contribution in [2.45, 2.75) is 24.1 Å². The van der Waals surface area contributed by atoms with Crippen LogP contribution in [0.4, 0.5) is 0 Å². The molecule has 1 aromatic heterocycles. The first kappa shape index (κ1) is 11.3. The van der Waals surface area contributed by atoms with Gasteiger partial charge in [0.2, 0.25) is 0 Å². The highest BCUT2D eigenvalue weighted by Gasteiger charge is 2.23. The predicted octanol–water partition coefficient (Wildman–Crippen LogP) is 0.868. The summed E-state index contributed by atoms with van der Waals surface area (Å²) >= 11 is 1.59. The largest absolute Gasteiger partial charge is 0.384 e. The predicted molar refractivity (Wildman–Crippen MR) is 63.0 cm³/mol. The maximum atomic E-state index is 7.60. The summed E-state index contributed by atoms with van der Waals surface area (Å²) in [6, 6.07) is 0. The number of nitrogens with two attached hydrogens (primary N) is 1. The Morgan fingerprint density at radius 3 is 2.62 bits per heavy atom. The van der Waals surface area contributed by atoms with Crippen LogP contribution < -0.4 is 5.73 Å². The molecule has 0 spiro atoms. The van der Waals surface area contributed by atoms with E-state index < -0.39 is 0 Å². The van der Waals surface area contributed by atoms with Gasteiger partial charge in [0.05, 0.1) is 29.7 Å². The lowest BCUT2D eigenvalue weighted by Gasteiger charge is -2.25. The SMILES string of the molecule is Cc1nnc(SC2COC2)c(C(=N)N)c1C. The van der Waals surface area contributed by atoms with Crippen LogP contribution in [0.15, 0.2) is 5.03 Å². The summed E-state index contributed by atoms with van der Waals surface area (Å²) in [5.41, 5.74) is 8.06. The Labute approximate surface area is 98.3 Å². The number of rotatable bonds is 3. The summed E-state index contributed by atoms with van der Waals surface area (Å²) in [6.45, 7) is 5.25. The summed E-state index contributed by atoms with van der Waals surface area (Å²) < 4.78 is 5.11. The fraction of sp³-hybridized carbons (Fsp3) is 0.500. The number of amidine groups is 1. The van der Waals surface area contributed by atoms with Crippen molar-refractivity contribution in [3.05, 3.63) is 16.8 Å². The molecule has 5 nitrogen and oxygen atoms in total. The molecule has 86 valence electrons. The minimum absolute atomic E-state index is 0.0539. The van der Waals surface area contributed by atoms with Crippen LogP contribution in [0.25, 0.3) is 0 Å². The third-order valence-corrected chi connectivity index (χ3v) is 3.69. The van der Waals surface area contributed by atoms with Gasteiger partial charge in [-0.25, -0.2) is 0 Å². The lowest BCUT2D eigenvalue weighted by Crippen LogP contribution is -2.31. The number of nitrogen functional groups attached to an aromatic ring is 1. The molecule has 0 aromatic carbocycles. The Hall–Kier alpha value is -1.14. The lowest BCUT2D eigenvalue weighted by atomic mass is 10.1. The van der Waals surface area contributed by atoms with Gasteiger partial charge in [0.15, 0.2) is 0 Å². The third-order valence-electron chi connectivity index (χ3n) is 2.58. The summed E-state index contributed by atoms with van der Waals surface area (Å²) in [5.74, 6) is 0.0539. The van der Waals surface area contributed by atoms with Gasteiger partial charge < -0.3 is 10.5 Å². The molecule has 1 saturated heterocycles. The molecule has 0 bridgehead atoms. The first-order valence-electron chi connectivity index (χ1n) is 5.02. The van der Waals surface area contributed by atoms with E-state index in [2.05, 4.69) is 10.2 Å². The van der Waals surface area contributed by atoms with Gasteiger partial charge in [-0.2, -0.15) is 5.10 Å². The highest BCUT2D eigenvalue weighted by Crippen LogP contribution is 2.30. The number of nitrogens with one attached hydrogen (secondary N) is 1. The van der Waals surface area contributed by atoms with Crippen molar-refractivity contribution in [1.82, 2.24) is 10.2 Å². The van der Waals surface area contributed by atoms with Crippen molar-refractivity contribution in [2.75, 3.05) is 13.2 Å². The van der Waals surface area contributed by atoms with E-state index in [0.29, 0.717) is 10.8 Å². The molecule has 0 amide bonds. The Balaban J connectivity index is 2.35. The molecule has 3 N–H and O–H groups in total. The van der Waals surface area contributed by atoms with Gasteiger partial charge in [-0.3, -0.25) is 5.41 Å². The van der Waals surface area contributed by atoms with E-state index in [0.717, 1.165) is 29.5 Å². The van der Waals surface area contributed by atoms with E-state index in [9.17, 15) is 0 Å². The van der Waals surface area contributed by atoms with E-state index in [1.807, 2.05) is 13.8 Å². The minimum atomic E-state index is 0.0539. The number of nitrogens with zero attached hydrogens (tertiary/aromatic N) is 2. The second-order valence-corrected chi connectivity index (χ2v) is 5.07. The van der Waals surface area contributed by atoms with Crippen molar-refractivity contribution in [3.63, 3.8) is 0 Å². The molecule has 1 fully saturated rings. The zero-order chi connectivity index (χ0) is 11.7. The first-order chi connectivity index (χ1) is 7.59. The highest BCUT2D eigenvalue weighted by molar-refractivity contribution is 8.00. The van der Waals surface area contributed by atoms with Crippen molar-refractivity contribution in [3.8, 4) is 0 Å². The molecule has 1 aliphatic rings. The molecule has 16 heavy (non-hydrogen) atoms. The van der Waals surface area contributed by atoms with Crippen molar-refractivity contribution < 1.29 is 4.74 Å². The number of hydrogen-bond donors (Lipinski definition) is 2. The van der Waals surface area contributed by atoms with Crippen LogP contribution in [0, 0.1) is 19.3 Å². The van der Waals surface area contributed by atoms with Crippen LogP contribution in [0.1, 0.15) is 16.8 Å². The van der Waals surface area contributed by atoms with Crippen molar-refractivity contribution in [1.29, 1.82) is 5.41 Å². The smallest absolute Gasteiger partial charge is 0.130 e. The van der Waals surface area contributed by atoms with Gasteiger partial charge in [-0.1, -0.05) is 11.8 Å². The molecular formula is C10H14N4OS. The van der Waals surface area contributed by atoms with E-state index in [1.165, 1.54) is 0 Å². The number of aromatic nitrogens is 2. The second kappa shape index (κ2) is 4.39. The molecule has 0 saturated carbocycles. The Kier molecular flexibility index (Phi) is 3.11. The molecule has 6 heteroatoms. The van der Waals surface area contributed by atoms with Crippen LogP contribution in [0.2, 0.25) is 0 Å². The number of thioether (sulfide) groups is 1. The normalized spacial score (nSPS) is 15.9. The van der Waals surface area contributed by atoms with Gasteiger partial charge in [-0.15, -0.1) is 5.10 Å². The van der Waals surface area contributed by atoms with Gasteiger partial charge in [-0.05, 0) is 19.4 Å². The molecule has 1 aliphatic heterocycles. The van der Waals surface area contributed by atoms with Gasteiger partial charge in [0.1, 0.15) is 10.9 Å². The van der Waals surface area contributed by atoms with Gasteiger partial charge in [0.25, 0.3) is 0 Å². The molecule has 0 radical (unpaired) electrons. The van der Waals surface area contributed by atoms with Crippen LogP contribution in [-0.2, 0) is 4.74 Å². The molecule has 0 unspecified atom stereocenters. The summed E-state index contributed by atoms with van der Waals surface area (Å²) in [7, 11) is 0. The molecule has 0 atom stereocenters. The second-order valence-electron chi connectivity index (χ2n) is 3.78. The Morgan fingerprint density at radius 2 is 2.12 bits per heavy atom. The van der Waals surface area contributed by atoms with Crippen LogP contribution in [0.5, 0.6) is 0 Å². The zero-order valence-electron chi connectivity index (χ0n) is 9.28. The van der Waals surface area contributed by atoms with E-state index >= 15 is 0 Å². The molecule has 2 rings (SSSR count). The summed E-state index contributed by atoms with van der Waals surface area (Å²) in [4.78, 5) is 0. The van der Waals surface area contributed by atoms with Crippen LogP contribution >= 0.6 is 11.8 Å². The van der Waals surface area contributed by atoms with E-state index in [4.69, 9.17) is 15.9 Å². The molecule has 0 aliphatic carbocycles. The van der Waals surface area contributed by atoms with E-state index in [1.54, 1.807) is 11.8 Å². The summed E-state index contributed by atoms with van der Waals surface area (Å²) in [6.07, 6.45) is 0. The average Bonchev–Trinajstić information content (AvgIpc) is 2.16. The third kappa shape index (κ3) is 2.03. The molecular weight excluding hydrogens is 224 g/mol. The number of hydrogen-bond acceptors (Lipinski definition) is 5. The Morgan fingerprint density at radius 1 is 1.44 bits per heavy atom. The number of aryl methyl sites for hydroxylation is 1. The topological polar surface area (TPSA) is 84.9 Å².